The molecule has 0 atom stereocenters. The van der Waals surface area contributed by atoms with Crippen molar-refractivity contribution < 1.29 is 13.2 Å². The molecule has 0 amide bonds. The van der Waals surface area contributed by atoms with Crippen molar-refractivity contribution in [3.05, 3.63) is 66.2 Å². The van der Waals surface area contributed by atoms with Crippen molar-refractivity contribution in [2.45, 2.75) is 97.1 Å². The number of hydrogen-bond acceptors (Lipinski definition) is 3. The Morgan fingerprint density at radius 2 is 1.13 bits per heavy atom. The Hall–Kier alpha value is -2.89. The van der Waals surface area contributed by atoms with Gasteiger partial charge in [0.2, 0.25) is 0 Å². The van der Waals surface area contributed by atoms with Gasteiger partial charge in [0.1, 0.15) is 0 Å². The summed E-state index contributed by atoms with van der Waals surface area (Å²) in [5, 5.41) is 10.8. The predicted octanol–water partition coefficient (Wildman–Crippen LogP) is 11.8. The van der Waals surface area contributed by atoms with E-state index in [4.69, 9.17) is 0 Å². The van der Waals surface area contributed by atoms with Crippen molar-refractivity contribution in [3.8, 4) is 0 Å². The zero-order valence-electron chi connectivity index (χ0n) is 23.6. The number of nitrogens with zero attached hydrogens (tertiary/aromatic N) is 3. The zero-order chi connectivity index (χ0) is 27.9. The van der Waals surface area contributed by atoms with Crippen LogP contribution in [0.5, 0.6) is 0 Å². The molecule has 0 N–H and O–H groups in total. The first-order valence-electron chi connectivity index (χ1n) is 14.8. The van der Waals surface area contributed by atoms with E-state index in [9.17, 15) is 13.2 Å². The van der Waals surface area contributed by atoms with Crippen LogP contribution in [0.25, 0.3) is 10.8 Å². The summed E-state index contributed by atoms with van der Waals surface area (Å²) in [6, 6.07) is 17.1. The van der Waals surface area contributed by atoms with Crippen molar-refractivity contribution in [1.82, 2.24) is 0 Å². The summed E-state index contributed by atoms with van der Waals surface area (Å²) in [5.41, 5.74) is 1.64. The SMILES string of the molecule is CCCCCCCCN(CCCCCCCC)c1ccc(N=Nc2ccc(C(F)(F)F)cc2)c2ccccc12. The van der Waals surface area contributed by atoms with Gasteiger partial charge in [-0.2, -0.15) is 18.3 Å². The van der Waals surface area contributed by atoms with Gasteiger partial charge in [0.25, 0.3) is 0 Å². The van der Waals surface area contributed by atoms with E-state index >= 15 is 0 Å². The van der Waals surface area contributed by atoms with Crippen LogP contribution in [0.3, 0.4) is 0 Å². The standard InChI is InChI=1S/C33H44F3N3/c1-3-5-7-9-11-15-25-39(26-16-12-10-8-6-4-2)32-24-23-31(29-17-13-14-18-30(29)32)38-37-28-21-19-27(20-22-28)33(34,35)36/h13-14,17-24H,3-12,15-16,25-26H2,1-2H3. The molecular formula is C33H44F3N3. The second-order valence-electron chi connectivity index (χ2n) is 10.4. The van der Waals surface area contributed by atoms with Crippen LogP contribution in [0.4, 0.5) is 30.2 Å². The third-order valence-corrected chi connectivity index (χ3v) is 7.25. The number of halogens is 3. The maximum absolute atomic E-state index is 12.9. The number of benzene rings is 3. The van der Waals surface area contributed by atoms with Gasteiger partial charge in [-0.25, -0.2) is 0 Å². The van der Waals surface area contributed by atoms with E-state index in [1.165, 1.54) is 94.9 Å². The lowest BCUT2D eigenvalue weighted by Gasteiger charge is -2.27. The minimum absolute atomic E-state index is 0.393. The molecule has 3 aromatic carbocycles. The molecule has 0 radical (unpaired) electrons. The lowest BCUT2D eigenvalue weighted by molar-refractivity contribution is -0.137. The summed E-state index contributed by atoms with van der Waals surface area (Å²) in [4.78, 5) is 2.54. The predicted molar refractivity (Wildman–Crippen MR) is 159 cm³/mol. The quantitative estimate of drug-likeness (QED) is 0.124. The average molecular weight is 540 g/mol. The van der Waals surface area contributed by atoms with Crippen molar-refractivity contribution in [1.29, 1.82) is 0 Å². The Kier molecular flexibility index (Phi) is 12.8. The minimum atomic E-state index is -4.36. The molecule has 0 aromatic heterocycles. The fraction of sp³-hybridized carbons (Fsp3) is 0.515. The number of unbranched alkanes of at least 4 members (excludes halogenated alkanes) is 10. The van der Waals surface area contributed by atoms with Crippen molar-refractivity contribution in [2.24, 2.45) is 10.2 Å². The molecule has 0 heterocycles. The van der Waals surface area contributed by atoms with Gasteiger partial charge in [-0.1, -0.05) is 102 Å². The molecule has 6 heteroatoms. The fourth-order valence-corrected chi connectivity index (χ4v) is 4.98. The molecule has 3 nitrogen and oxygen atoms in total. The van der Waals surface area contributed by atoms with Crippen molar-refractivity contribution in [2.75, 3.05) is 18.0 Å². The van der Waals surface area contributed by atoms with Crippen LogP contribution in [-0.4, -0.2) is 13.1 Å². The second-order valence-corrected chi connectivity index (χ2v) is 10.4. The van der Waals surface area contributed by atoms with E-state index in [-0.39, 0.29) is 0 Å². The molecule has 0 bridgehead atoms. The van der Waals surface area contributed by atoms with E-state index < -0.39 is 11.7 Å². The highest BCUT2D eigenvalue weighted by atomic mass is 19.4. The molecule has 0 aliphatic heterocycles. The molecular weight excluding hydrogens is 495 g/mol. The highest BCUT2D eigenvalue weighted by Crippen LogP contribution is 2.36. The molecule has 212 valence electrons. The summed E-state index contributed by atoms with van der Waals surface area (Å²) >= 11 is 0. The Morgan fingerprint density at radius 3 is 1.69 bits per heavy atom. The van der Waals surface area contributed by atoms with E-state index in [1.54, 1.807) is 0 Å². The third kappa shape index (κ3) is 9.98. The number of fused-ring (bicyclic) bond motifs is 1. The topological polar surface area (TPSA) is 28.0 Å². The molecule has 0 fully saturated rings. The van der Waals surface area contributed by atoms with E-state index in [1.807, 2.05) is 18.2 Å². The Labute approximate surface area is 232 Å². The molecule has 3 aromatic rings. The normalized spacial score (nSPS) is 12.0. The summed E-state index contributed by atoms with van der Waals surface area (Å²) in [6.07, 6.45) is 10.9. The lowest BCUT2D eigenvalue weighted by atomic mass is 10.0. The molecule has 0 saturated heterocycles. The molecule has 0 aliphatic rings. The molecule has 0 unspecified atom stereocenters. The van der Waals surface area contributed by atoms with Gasteiger partial charge in [0.05, 0.1) is 16.9 Å². The maximum Gasteiger partial charge on any atom is 0.416 e. The number of anilines is 1. The van der Waals surface area contributed by atoms with Crippen LogP contribution < -0.4 is 4.90 Å². The highest BCUT2D eigenvalue weighted by molar-refractivity contribution is 6.01. The van der Waals surface area contributed by atoms with Crippen LogP contribution in [0.1, 0.15) is 96.5 Å². The van der Waals surface area contributed by atoms with Gasteiger partial charge in [-0.05, 0) is 49.2 Å². The number of hydrogen-bond donors (Lipinski definition) is 0. The van der Waals surface area contributed by atoms with Crippen LogP contribution in [-0.2, 0) is 6.18 Å². The van der Waals surface area contributed by atoms with Gasteiger partial charge in [0, 0.05) is 29.5 Å². The molecule has 0 spiro atoms. The number of azo groups is 1. The van der Waals surface area contributed by atoms with Crippen LogP contribution in [0, 0.1) is 0 Å². The maximum atomic E-state index is 12.9. The van der Waals surface area contributed by atoms with Crippen molar-refractivity contribution >= 4 is 27.8 Å². The fourth-order valence-electron chi connectivity index (χ4n) is 4.98. The van der Waals surface area contributed by atoms with Crippen LogP contribution >= 0.6 is 0 Å². The molecule has 0 saturated carbocycles. The Balaban J connectivity index is 1.77. The Morgan fingerprint density at radius 1 is 0.590 bits per heavy atom. The molecule has 39 heavy (non-hydrogen) atoms. The summed E-state index contributed by atoms with van der Waals surface area (Å²) < 4.78 is 38.7. The largest absolute Gasteiger partial charge is 0.416 e. The smallest absolute Gasteiger partial charge is 0.371 e. The average Bonchev–Trinajstić information content (AvgIpc) is 2.94. The first kappa shape index (κ1) is 30.6. The van der Waals surface area contributed by atoms with E-state index in [0.29, 0.717) is 11.4 Å². The van der Waals surface area contributed by atoms with Crippen LogP contribution in [0.2, 0.25) is 0 Å². The van der Waals surface area contributed by atoms with Gasteiger partial charge >= 0.3 is 6.18 Å². The van der Waals surface area contributed by atoms with E-state index in [0.717, 1.165) is 36.0 Å². The lowest BCUT2D eigenvalue weighted by Crippen LogP contribution is -2.26. The first-order valence-corrected chi connectivity index (χ1v) is 14.8. The molecule has 0 aliphatic carbocycles. The second kappa shape index (κ2) is 16.3. The van der Waals surface area contributed by atoms with E-state index in [2.05, 4.69) is 47.2 Å². The summed E-state index contributed by atoms with van der Waals surface area (Å²) in [5.74, 6) is 0. The highest BCUT2D eigenvalue weighted by Gasteiger charge is 2.29. The number of rotatable bonds is 17. The van der Waals surface area contributed by atoms with Gasteiger partial charge in [0.15, 0.2) is 0 Å². The summed E-state index contributed by atoms with van der Waals surface area (Å²) in [7, 11) is 0. The number of alkyl halides is 3. The molecule has 3 rings (SSSR count). The van der Waals surface area contributed by atoms with Gasteiger partial charge < -0.3 is 4.90 Å². The van der Waals surface area contributed by atoms with Gasteiger partial charge in [-0.15, -0.1) is 5.11 Å². The minimum Gasteiger partial charge on any atom is -0.371 e. The Bertz CT molecular complexity index is 1120. The third-order valence-electron chi connectivity index (χ3n) is 7.25. The zero-order valence-corrected chi connectivity index (χ0v) is 23.6. The summed E-state index contributed by atoms with van der Waals surface area (Å²) in [6.45, 7) is 6.58. The van der Waals surface area contributed by atoms with Crippen molar-refractivity contribution in [3.63, 3.8) is 0 Å². The monoisotopic (exact) mass is 539 g/mol. The van der Waals surface area contributed by atoms with Gasteiger partial charge in [-0.3, -0.25) is 0 Å². The van der Waals surface area contributed by atoms with Crippen LogP contribution in [0.15, 0.2) is 70.9 Å². The first-order chi connectivity index (χ1) is 18.9.